The summed E-state index contributed by atoms with van der Waals surface area (Å²) in [5.74, 6) is 1.75. The number of hydrogen-bond acceptors (Lipinski definition) is 3. The molecule has 0 radical (unpaired) electrons. The zero-order chi connectivity index (χ0) is 13.0. The van der Waals surface area contributed by atoms with Gasteiger partial charge in [-0.1, -0.05) is 13.8 Å². The highest BCUT2D eigenvalue weighted by atomic mass is 35.5. The van der Waals surface area contributed by atoms with Crippen molar-refractivity contribution in [3.05, 3.63) is 23.3 Å². The zero-order valence-electron chi connectivity index (χ0n) is 10.5. The molecule has 0 aliphatic rings. The number of benzene rings is 1. The van der Waals surface area contributed by atoms with E-state index in [2.05, 4.69) is 13.8 Å². The lowest BCUT2D eigenvalue weighted by Crippen LogP contribution is -2.03. The summed E-state index contributed by atoms with van der Waals surface area (Å²) in [6, 6.07) is 3.30. The molecule has 0 aliphatic carbocycles. The highest BCUT2D eigenvalue weighted by Gasteiger charge is 2.16. The molecule has 0 aliphatic heterocycles. The molecule has 17 heavy (non-hydrogen) atoms. The quantitative estimate of drug-likeness (QED) is 0.759. The average molecular weight is 257 g/mol. The first-order valence-electron chi connectivity index (χ1n) is 5.44. The van der Waals surface area contributed by atoms with Crippen molar-refractivity contribution in [2.75, 3.05) is 14.2 Å². The van der Waals surface area contributed by atoms with Crippen LogP contribution in [0, 0.1) is 5.92 Å². The Kier molecular flexibility index (Phi) is 4.82. The van der Waals surface area contributed by atoms with Gasteiger partial charge in [-0.05, 0) is 36.1 Å². The topological polar surface area (TPSA) is 35.5 Å². The standard InChI is InChI=1S/C13H17ClO3/c1-8(2)5-10-11(16-3)6-9(13(14)15)7-12(10)17-4/h6-8H,5H2,1-4H3. The van der Waals surface area contributed by atoms with Crippen LogP contribution in [0.4, 0.5) is 0 Å². The van der Waals surface area contributed by atoms with Crippen LogP contribution in [-0.4, -0.2) is 19.5 Å². The van der Waals surface area contributed by atoms with Crippen LogP contribution in [0.5, 0.6) is 11.5 Å². The summed E-state index contributed by atoms with van der Waals surface area (Å²) in [5, 5.41) is -0.516. The van der Waals surface area contributed by atoms with Crippen molar-refractivity contribution < 1.29 is 14.3 Å². The third-order valence-electron chi connectivity index (χ3n) is 2.45. The van der Waals surface area contributed by atoms with Crippen molar-refractivity contribution in [2.45, 2.75) is 20.3 Å². The van der Waals surface area contributed by atoms with E-state index in [1.807, 2.05) is 0 Å². The molecule has 0 saturated heterocycles. The van der Waals surface area contributed by atoms with Crippen LogP contribution in [-0.2, 0) is 6.42 Å². The molecule has 0 unspecified atom stereocenters. The van der Waals surface area contributed by atoms with Gasteiger partial charge in [-0.2, -0.15) is 0 Å². The first kappa shape index (κ1) is 13.8. The third kappa shape index (κ3) is 3.37. The second-order valence-corrected chi connectivity index (χ2v) is 4.57. The maximum atomic E-state index is 11.2. The molecule has 1 aromatic rings. The molecular weight excluding hydrogens is 240 g/mol. The lowest BCUT2D eigenvalue weighted by atomic mass is 9.99. The molecule has 0 aromatic heterocycles. The van der Waals surface area contributed by atoms with E-state index >= 15 is 0 Å². The summed E-state index contributed by atoms with van der Waals surface area (Å²) in [4.78, 5) is 11.2. The van der Waals surface area contributed by atoms with Gasteiger partial charge in [0, 0.05) is 11.1 Å². The van der Waals surface area contributed by atoms with Crippen LogP contribution in [0.25, 0.3) is 0 Å². The van der Waals surface area contributed by atoms with Gasteiger partial charge >= 0.3 is 0 Å². The van der Waals surface area contributed by atoms with E-state index in [1.54, 1.807) is 26.4 Å². The highest BCUT2D eigenvalue weighted by Crippen LogP contribution is 2.33. The molecule has 4 heteroatoms. The minimum absolute atomic E-state index is 0.382. The van der Waals surface area contributed by atoms with Crippen LogP contribution >= 0.6 is 11.6 Å². The number of carbonyl (C=O) groups excluding carboxylic acids is 1. The smallest absolute Gasteiger partial charge is 0.252 e. The normalized spacial score (nSPS) is 10.5. The van der Waals surface area contributed by atoms with Crippen molar-refractivity contribution in [3.63, 3.8) is 0 Å². The Labute approximate surface area is 107 Å². The first-order valence-corrected chi connectivity index (χ1v) is 5.82. The molecule has 3 nitrogen and oxygen atoms in total. The van der Waals surface area contributed by atoms with Gasteiger partial charge in [0.2, 0.25) is 0 Å². The van der Waals surface area contributed by atoms with Crippen molar-refractivity contribution in [2.24, 2.45) is 5.92 Å². The average Bonchev–Trinajstić information content (AvgIpc) is 2.28. The molecule has 0 heterocycles. The number of ether oxygens (including phenoxy) is 2. The van der Waals surface area contributed by atoms with Gasteiger partial charge in [-0.15, -0.1) is 0 Å². The predicted molar refractivity (Wildman–Crippen MR) is 68.3 cm³/mol. The molecule has 0 N–H and O–H groups in total. The van der Waals surface area contributed by atoms with Gasteiger partial charge < -0.3 is 9.47 Å². The fourth-order valence-corrected chi connectivity index (χ4v) is 1.82. The van der Waals surface area contributed by atoms with Crippen LogP contribution < -0.4 is 9.47 Å². The Bertz CT molecular complexity index is 388. The molecule has 1 aromatic carbocycles. The van der Waals surface area contributed by atoms with Gasteiger partial charge in [0.25, 0.3) is 5.24 Å². The van der Waals surface area contributed by atoms with Gasteiger partial charge in [-0.25, -0.2) is 0 Å². The van der Waals surface area contributed by atoms with Crippen molar-refractivity contribution in [3.8, 4) is 11.5 Å². The molecule has 0 atom stereocenters. The second kappa shape index (κ2) is 5.92. The Hall–Kier alpha value is -1.22. The predicted octanol–water partition coefficient (Wildman–Crippen LogP) is 3.28. The molecule has 0 fully saturated rings. The van der Waals surface area contributed by atoms with Crippen molar-refractivity contribution in [1.82, 2.24) is 0 Å². The maximum Gasteiger partial charge on any atom is 0.252 e. The summed E-state index contributed by atoms with van der Waals surface area (Å²) >= 11 is 5.47. The fourth-order valence-electron chi connectivity index (χ4n) is 1.71. The molecule has 0 saturated carbocycles. The number of carbonyl (C=O) groups is 1. The molecule has 0 spiro atoms. The SMILES string of the molecule is COc1cc(C(=O)Cl)cc(OC)c1CC(C)C. The highest BCUT2D eigenvalue weighted by molar-refractivity contribution is 6.67. The van der Waals surface area contributed by atoms with Crippen LogP contribution in [0.2, 0.25) is 0 Å². The van der Waals surface area contributed by atoms with Crippen molar-refractivity contribution >= 4 is 16.8 Å². The van der Waals surface area contributed by atoms with Gasteiger partial charge in [0.1, 0.15) is 11.5 Å². The molecule has 1 rings (SSSR count). The van der Waals surface area contributed by atoms with E-state index in [9.17, 15) is 4.79 Å². The van der Waals surface area contributed by atoms with E-state index in [1.165, 1.54) is 0 Å². The molecule has 0 amide bonds. The van der Waals surface area contributed by atoms with Crippen LogP contribution in [0.1, 0.15) is 29.8 Å². The number of hydrogen-bond donors (Lipinski definition) is 0. The summed E-state index contributed by atoms with van der Waals surface area (Å²) in [7, 11) is 3.14. The number of halogens is 1. The van der Waals surface area contributed by atoms with Crippen molar-refractivity contribution in [1.29, 1.82) is 0 Å². The Morgan fingerprint density at radius 3 is 2.00 bits per heavy atom. The second-order valence-electron chi connectivity index (χ2n) is 4.23. The Balaban J connectivity index is 3.30. The molecular formula is C13H17ClO3. The van der Waals surface area contributed by atoms with E-state index in [0.717, 1.165) is 12.0 Å². The minimum atomic E-state index is -0.516. The van der Waals surface area contributed by atoms with Gasteiger partial charge in [0.15, 0.2) is 0 Å². The Morgan fingerprint density at radius 2 is 1.71 bits per heavy atom. The van der Waals surface area contributed by atoms with E-state index in [0.29, 0.717) is 23.0 Å². The largest absolute Gasteiger partial charge is 0.496 e. The zero-order valence-corrected chi connectivity index (χ0v) is 11.3. The van der Waals surface area contributed by atoms with Crippen LogP contribution in [0.15, 0.2) is 12.1 Å². The maximum absolute atomic E-state index is 11.2. The Morgan fingerprint density at radius 1 is 1.24 bits per heavy atom. The number of methoxy groups -OCH3 is 2. The summed E-state index contributed by atoms with van der Waals surface area (Å²) in [6.07, 6.45) is 0.823. The van der Waals surface area contributed by atoms with E-state index in [-0.39, 0.29) is 0 Å². The lowest BCUT2D eigenvalue weighted by molar-refractivity contribution is 0.108. The lowest BCUT2D eigenvalue weighted by Gasteiger charge is -2.15. The minimum Gasteiger partial charge on any atom is -0.496 e. The summed E-state index contributed by atoms with van der Waals surface area (Å²) in [5.41, 5.74) is 1.35. The monoisotopic (exact) mass is 256 g/mol. The van der Waals surface area contributed by atoms with Gasteiger partial charge in [-0.3, -0.25) is 4.79 Å². The molecule has 94 valence electrons. The molecule has 0 bridgehead atoms. The summed E-state index contributed by atoms with van der Waals surface area (Å²) in [6.45, 7) is 4.22. The third-order valence-corrected chi connectivity index (χ3v) is 2.67. The van der Waals surface area contributed by atoms with E-state index < -0.39 is 5.24 Å². The van der Waals surface area contributed by atoms with Gasteiger partial charge in [0.05, 0.1) is 14.2 Å². The van der Waals surface area contributed by atoms with E-state index in [4.69, 9.17) is 21.1 Å². The fraction of sp³-hybridized carbons (Fsp3) is 0.462. The summed E-state index contributed by atoms with van der Waals surface area (Å²) < 4.78 is 10.6. The number of rotatable bonds is 5. The first-order chi connectivity index (χ1) is 7.99. The van der Waals surface area contributed by atoms with Crippen LogP contribution in [0.3, 0.4) is 0 Å².